The largest absolute Gasteiger partial charge is 0.460 e. The minimum absolute atomic E-state index is 0.0488. The Balaban J connectivity index is 1.37. The fourth-order valence-electron chi connectivity index (χ4n) is 5.57. The molecule has 44 heavy (non-hydrogen) atoms. The first kappa shape index (κ1) is 31.1. The molecule has 2 N–H and O–H groups in total. The van der Waals surface area contributed by atoms with E-state index in [-0.39, 0.29) is 30.7 Å². The quantitative estimate of drug-likeness (QED) is 0.156. The highest BCUT2D eigenvalue weighted by Gasteiger charge is 2.24. The molecule has 0 unspecified atom stereocenters. The van der Waals surface area contributed by atoms with Crippen molar-refractivity contribution in [2.24, 2.45) is 0 Å². The number of thioether (sulfide) groups is 1. The van der Waals surface area contributed by atoms with E-state index in [1.54, 1.807) is 11.8 Å². The van der Waals surface area contributed by atoms with E-state index in [0.717, 1.165) is 50.1 Å². The van der Waals surface area contributed by atoms with Gasteiger partial charge in [-0.25, -0.2) is 4.79 Å². The summed E-state index contributed by atoms with van der Waals surface area (Å²) < 4.78 is 12.0. The molecule has 5 rings (SSSR count). The molecule has 0 aliphatic rings. The molecule has 2 amide bonds. The summed E-state index contributed by atoms with van der Waals surface area (Å²) in [5.74, 6) is 1.43. The lowest BCUT2D eigenvalue weighted by molar-refractivity contribution is -0.128. The van der Waals surface area contributed by atoms with E-state index in [1.807, 2.05) is 101 Å². The van der Waals surface area contributed by atoms with Crippen LogP contribution in [0.15, 0.2) is 80.4 Å². The van der Waals surface area contributed by atoms with Gasteiger partial charge in [0.2, 0.25) is 11.8 Å². The first-order valence-electron chi connectivity index (χ1n) is 14.9. The van der Waals surface area contributed by atoms with Crippen LogP contribution in [0, 0.1) is 20.8 Å². The maximum atomic E-state index is 13.2. The molecule has 0 spiro atoms. The minimum atomic E-state index is -0.690. The zero-order chi connectivity index (χ0) is 31.4. The Kier molecular flexibility index (Phi) is 9.59. The molecule has 0 fully saturated rings. The third-order valence-corrected chi connectivity index (χ3v) is 8.88. The van der Waals surface area contributed by atoms with Crippen LogP contribution in [0.1, 0.15) is 48.3 Å². The van der Waals surface area contributed by atoms with E-state index < -0.39 is 11.7 Å². The Hall–Kier alpha value is -4.30. The molecule has 2 aromatic heterocycles. The van der Waals surface area contributed by atoms with Crippen molar-refractivity contribution in [1.29, 1.82) is 0 Å². The molecule has 0 aliphatic carbocycles. The number of amides is 2. The number of carbonyl (C=O) groups excluding carboxylic acids is 2. The van der Waals surface area contributed by atoms with Gasteiger partial charge in [-0.15, -0.1) is 0 Å². The lowest BCUT2D eigenvalue weighted by Gasteiger charge is -2.20. The highest BCUT2D eigenvalue weighted by atomic mass is 32.2. The first-order chi connectivity index (χ1) is 21.1. The number of hydrogen-bond donors (Lipinski definition) is 2. The minimum Gasteiger partial charge on any atom is -0.460 e. The number of fused-ring (bicyclic) bond motifs is 2. The monoisotopic (exact) mass is 610 g/mol. The van der Waals surface area contributed by atoms with Gasteiger partial charge in [-0.2, -0.15) is 11.8 Å². The van der Waals surface area contributed by atoms with E-state index in [4.69, 9.17) is 8.83 Å². The number of benzene rings is 3. The second-order valence-corrected chi connectivity index (χ2v) is 12.5. The van der Waals surface area contributed by atoms with E-state index >= 15 is 0 Å². The van der Waals surface area contributed by atoms with Crippen LogP contribution in [0.4, 0.5) is 0 Å². The first-order valence-corrected chi connectivity index (χ1v) is 16.0. The number of nitrogens with one attached hydrogen (secondary N) is 2. The lowest BCUT2D eigenvalue weighted by atomic mass is 9.96. The molecule has 0 radical (unpaired) electrons. The van der Waals surface area contributed by atoms with Crippen LogP contribution in [0.5, 0.6) is 0 Å². The molecule has 0 bridgehead atoms. The number of furan rings is 1. The molecule has 1 atom stereocenters. The van der Waals surface area contributed by atoms with Crippen LogP contribution in [0.25, 0.3) is 33.1 Å². The Labute approximate surface area is 261 Å². The Morgan fingerprint density at radius 1 is 0.841 bits per heavy atom. The van der Waals surface area contributed by atoms with Crippen molar-refractivity contribution >= 4 is 45.5 Å². The number of hydrogen-bond acceptors (Lipinski definition) is 6. The third kappa shape index (κ3) is 6.76. The van der Waals surface area contributed by atoms with Gasteiger partial charge in [0, 0.05) is 51.4 Å². The van der Waals surface area contributed by atoms with Gasteiger partial charge in [-0.1, -0.05) is 60.7 Å². The van der Waals surface area contributed by atoms with Gasteiger partial charge >= 0.3 is 5.63 Å². The van der Waals surface area contributed by atoms with Crippen molar-refractivity contribution in [3.05, 3.63) is 105 Å². The van der Waals surface area contributed by atoms with Crippen LogP contribution in [0.3, 0.4) is 0 Å². The second-order valence-electron chi connectivity index (χ2n) is 11.4. The van der Waals surface area contributed by atoms with Crippen molar-refractivity contribution in [2.45, 2.75) is 65.3 Å². The number of carbonyl (C=O) groups is 2. The lowest BCUT2D eigenvalue weighted by Crippen LogP contribution is -2.50. The molecular formula is C36H38N2O5S. The van der Waals surface area contributed by atoms with E-state index in [0.29, 0.717) is 22.5 Å². The maximum Gasteiger partial charge on any atom is 0.339 e. The summed E-state index contributed by atoms with van der Waals surface area (Å²) in [6, 6.07) is 21.3. The molecule has 5 aromatic rings. The normalized spacial score (nSPS) is 12.1. The summed E-state index contributed by atoms with van der Waals surface area (Å²) in [5, 5.41) is 7.57. The molecule has 2 heterocycles. The zero-order valence-electron chi connectivity index (χ0n) is 25.8. The molecule has 0 aliphatic heterocycles. The molecule has 0 saturated carbocycles. The van der Waals surface area contributed by atoms with Gasteiger partial charge in [-0.3, -0.25) is 9.59 Å². The van der Waals surface area contributed by atoms with Gasteiger partial charge in [-0.05, 0) is 63.8 Å². The van der Waals surface area contributed by atoms with Gasteiger partial charge in [0.1, 0.15) is 23.0 Å². The Morgan fingerprint density at radius 3 is 2.18 bits per heavy atom. The Morgan fingerprint density at radius 2 is 1.50 bits per heavy atom. The van der Waals surface area contributed by atoms with Crippen molar-refractivity contribution < 1.29 is 18.4 Å². The van der Waals surface area contributed by atoms with Crippen LogP contribution in [-0.2, 0) is 21.8 Å². The standard InChI is InChI=1S/C36H38N2O5S/c1-21(2)37-35(40)30(20-44-19-25-12-8-6-9-13-25)38-31(39)17-16-27-22(3)28-18-29-32(26-14-10-7-11-15-26)24(5)42-34(29)23(4)33(28)43-36(27)41/h6-15,18,21,30H,16-17,19-20H2,1-5H3,(H,37,40)(H,38,39)/t30-/m1/s1. The summed E-state index contributed by atoms with van der Waals surface area (Å²) in [6.45, 7) is 9.51. The van der Waals surface area contributed by atoms with E-state index in [2.05, 4.69) is 10.6 Å². The summed E-state index contributed by atoms with van der Waals surface area (Å²) in [4.78, 5) is 39.2. The number of rotatable bonds is 11. The maximum absolute atomic E-state index is 13.2. The van der Waals surface area contributed by atoms with Gasteiger partial charge < -0.3 is 19.5 Å². The molecule has 3 aromatic carbocycles. The summed E-state index contributed by atoms with van der Waals surface area (Å²) in [5.41, 5.74) is 5.92. The van der Waals surface area contributed by atoms with Crippen molar-refractivity contribution in [3.8, 4) is 11.1 Å². The van der Waals surface area contributed by atoms with E-state index in [1.165, 1.54) is 0 Å². The summed E-state index contributed by atoms with van der Waals surface area (Å²) in [6.07, 6.45) is 0.242. The zero-order valence-corrected chi connectivity index (χ0v) is 26.6. The highest BCUT2D eigenvalue weighted by molar-refractivity contribution is 7.98. The van der Waals surface area contributed by atoms with Gasteiger partial charge in [0.15, 0.2) is 0 Å². The van der Waals surface area contributed by atoms with Crippen molar-refractivity contribution in [1.82, 2.24) is 10.6 Å². The predicted octanol–water partition coefficient (Wildman–Crippen LogP) is 7.01. The molecule has 0 saturated heterocycles. The van der Waals surface area contributed by atoms with Gasteiger partial charge in [0.05, 0.1) is 0 Å². The molecule has 8 heteroatoms. The third-order valence-electron chi connectivity index (χ3n) is 7.78. The van der Waals surface area contributed by atoms with Crippen LogP contribution in [-0.4, -0.2) is 29.7 Å². The predicted molar refractivity (Wildman–Crippen MR) is 178 cm³/mol. The number of aryl methyl sites for hydroxylation is 3. The topological polar surface area (TPSA) is 102 Å². The molecule has 228 valence electrons. The average Bonchev–Trinajstić information content (AvgIpc) is 3.34. The smallest absolute Gasteiger partial charge is 0.339 e. The fourth-order valence-corrected chi connectivity index (χ4v) is 6.59. The SMILES string of the molecule is Cc1oc2c(C)c3oc(=O)c(CCC(=O)N[C@H](CSCc4ccccc4)C(=O)NC(C)C)c(C)c3cc2c1-c1ccccc1. The Bertz CT molecular complexity index is 1860. The summed E-state index contributed by atoms with van der Waals surface area (Å²) in [7, 11) is 0. The second kappa shape index (κ2) is 13.6. The van der Waals surface area contributed by atoms with Crippen molar-refractivity contribution in [2.75, 3.05) is 5.75 Å². The highest BCUT2D eigenvalue weighted by Crippen LogP contribution is 2.39. The molecular weight excluding hydrogens is 572 g/mol. The van der Waals surface area contributed by atoms with Gasteiger partial charge in [0.25, 0.3) is 0 Å². The van der Waals surface area contributed by atoms with Crippen LogP contribution >= 0.6 is 11.8 Å². The van der Waals surface area contributed by atoms with Crippen LogP contribution < -0.4 is 16.3 Å². The van der Waals surface area contributed by atoms with E-state index in [9.17, 15) is 14.4 Å². The average molecular weight is 611 g/mol. The fraction of sp³-hybridized carbons (Fsp3) is 0.306. The van der Waals surface area contributed by atoms with Crippen LogP contribution in [0.2, 0.25) is 0 Å². The summed E-state index contributed by atoms with van der Waals surface area (Å²) >= 11 is 1.59. The van der Waals surface area contributed by atoms with Crippen molar-refractivity contribution in [3.63, 3.8) is 0 Å². The molecule has 7 nitrogen and oxygen atoms in total.